The Bertz CT molecular complexity index is 295. The van der Waals surface area contributed by atoms with Crippen LogP contribution >= 0.6 is 0 Å². The van der Waals surface area contributed by atoms with E-state index in [0.29, 0.717) is 19.0 Å². The number of rotatable bonds is 7. The molecule has 0 rings (SSSR count). The predicted molar refractivity (Wildman–Crippen MR) is 67.2 cm³/mol. The average molecular weight is 239 g/mol. The molecule has 0 spiro atoms. The van der Waals surface area contributed by atoms with Crippen LogP contribution in [-0.4, -0.2) is 49.9 Å². The maximum atomic E-state index is 11.5. The van der Waals surface area contributed by atoms with Crippen molar-refractivity contribution in [1.82, 2.24) is 15.5 Å². The fourth-order valence-corrected chi connectivity index (χ4v) is 1.05. The fraction of sp³-hybridized carbons (Fsp3) is 0.667. The Morgan fingerprint density at radius 1 is 1.41 bits per heavy atom. The highest BCUT2D eigenvalue weighted by Crippen LogP contribution is 1.88. The summed E-state index contributed by atoms with van der Waals surface area (Å²) in [6.07, 6.45) is 5.04. The Morgan fingerprint density at radius 2 is 2.06 bits per heavy atom. The van der Waals surface area contributed by atoms with Gasteiger partial charge in [-0.3, -0.25) is 14.9 Å². The van der Waals surface area contributed by atoms with Crippen LogP contribution in [0.4, 0.5) is 0 Å². The molecule has 0 unspecified atom stereocenters. The van der Waals surface area contributed by atoms with Gasteiger partial charge in [0.1, 0.15) is 0 Å². The van der Waals surface area contributed by atoms with Gasteiger partial charge in [0.15, 0.2) is 0 Å². The number of nitrogens with one attached hydrogen (secondary N) is 2. The smallest absolute Gasteiger partial charge is 0.239 e. The van der Waals surface area contributed by atoms with Crippen molar-refractivity contribution < 1.29 is 9.59 Å². The Labute approximate surface area is 103 Å². The van der Waals surface area contributed by atoms with Crippen LogP contribution in [-0.2, 0) is 9.59 Å². The second kappa shape index (κ2) is 8.59. The molecule has 0 aromatic rings. The van der Waals surface area contributed by atoms with Gasteiger partial charge in [0, 0.05) is 13.6 Å². The van der Waals surface area contributed by atoms with Gasteiger partial charge in [0.25, 0.3) is 0 Å². The molecule has 96 valence electrons. The molecule has 0 radical (unpaired) electrons. The first-order valence-corrected chi connectivity index (χ1v) is 5.62. The summed E-state index contributed by atoms with van der Waals surface area (Å²) < 4.78 is 0. The molecule has 5 heteroatoms. The number of carbonyl (C=O) groups is 2. The third-order valence-electron chi connectivity index (χ3n) is 2.02. The van der Waals surface area contributed by atoms with Crippen molar-refractivity contribution in [3.05, 3.63) is 0 Å². The lowest BCUT2D eigenvalue weighted by Gasteiger charge is -2.17. The maximum absolute atomic E-state index is 11.5. The molecular formula is C12H21N3O2. The van der Waals surface area contributed by atoms with Crippen molar-refractivity contribution in [2.45, 2.75) is 13.8 Å². The van der Waals surface area contributed by atoms with Gasteiger partial charge in [-0.2, -0.15) is 0 Å². The minimum Gasteiger partial charge on any atom is -0.354 e. The molecule has 0 saturated carbocycles. The normalized spacial score (nSPS) is 9.82. The van der Waals surface area contributed by atoms with E-state index in [9.17, 15) is 9.59 Å². The van der Waals surface area contributed by atoms with Gasteiger partial charge in [0.2, 0.25) is 11.8 Å². The maximum Gasteiger partial charge on any atom is 0.239 e. The topological polar surface area (TPSA) is 61.4 Å². The molecule has 2 N–H and O–H groups in total. The SMILES string of the molecule is C#CCNCC(=O)N(C)CC(=O)NCC(C)C. The first kappa shape index (κ1) is 15.5. The molecule has 2 amide bonds. The lowest BCUT2D eigenvalue weighted by atomic mass is 10.2. The number of nitrogens with zero attached hydrogens (tertiary/aromatic N) is 1. The van der Waals surface area contributed by atoms with E-state index >= 15 is 0 Å². The van der Waals surface area contributed by atoms with E-state index < -0.39 is 0 Å². The minimum atomic E-state index is -0.153. The van der Waals surface area contributed by atoms with Gasteiger partial charge in [-0.05, 0) is 5.92 Å². The van der Waals surface area contributed by atoms with E-state index in [-0.39, 0.29) is 24.9 Å². The molecule has 0 aliphatic heterocycles. The third-order valence-corrected chi connectivity index (χ3v) is 2.02. The van der Waals surface area contributed by atoms with Gasteiger partial charge in [-0.25, -0.2) is 0 Å². The molecule has 0 fully saturated rings. The Morgan fingerprint density at radius 3 is 2.59 bits per heavy atom. The lowest BCUT2D eigenvalue weighted by molar-refractivity contribution is -0.134. The molecule has 5 nitrogen and oxygen atoms in total. The van der Waals surface area contributed by atoms with Crippen LogP contribution in [0, 0.1) is 18.3 Å². The summed E-state index contributed by atoms with van der Waals surface area (Å²) in [4.78, 5) is 24.3. The van der Waals surface area contributed by atoms with Crippen molar-refractivity contribution in [2.24, 2.45) is 5.92 Å². The molecule has 0 aliphatic carbocycles. The highest BCUT2D eigenvalue weighted by atomic mass is 16.2. The molecule has 0 aliphatic rings. The number of amides is 2. The van der Waals surface area contributed by atoms with Crippen LogP contribution in [0.1, 0.15) is 13.8 Å². The fourth-order valence-electron chi connectivity index (χ4n) is 1.05. The Hall–Kier alpha value is -1.54. The van der Waals surface area contributed by atoms with Gasteiger partial charge >= 0.3 is 0 Å². The standard InChI is InChI=1S/C12H21N3O2/c1-5-6-13-8-12(17)15(4)9-11(16)14-7-10(2)3/h1,10,13H,6-9H2,2-4H3,(H,14,16). The van der Waals surface area contributed by atoms with Gasteiger partial charge in [-0.15, -0.1) is 6.42 Å². The zero-order valence-corrected chi connectivity index (χ0v) is 10.7. The Balaban J connectivity index is 3.83. The summed E-state index contributed by atoms with van der Waals surface area (Å²) in [6, 6.07) is 0. The van der Waals surface area contributed by atoms with E-state index in [4.69, 9.17) is 6.42 Å². The zero-order chi connectivity index (χ0) is 13.3. The molecule has 0 atom stereocenters. The summed E-state index contributed by atoms with van der Waals surface area (Å²) in [5.41, 5.74) is 0. The van der Waals surface area contributed by atoms with Crippen LogP contribution < -0.4 is 10.6 Å². The molecule has 0 aromatic heterocycles. The molecule has 0 aromatic carbocycles. The summed E-state index contributed by atoms with van der Waals surface area (Å²) >= 11 is 0. The summed E-state index contributed by atoms with van der Waals surface area (Å²) in [5.74, 6) is 2.48. The Kier molecular flexibility index (Phi) is 7.82. The van der Waals surface area contributed by atoms with Gasteiger partial charge in [-0.1, -0.05) is 19.8 Å². The number of hydrogen-bond donors (Lipinski definition) is 2. The largest absolute Gasteiger partial charge is 0.354 e. The van der Waals surface area contributed by atoms with E-state index in [1.165, 1.54) is 4.90 Å². The third kappa shape index (κ3) is 8.29. The van der Waals surface area contributed by atoms with Crippen LogP contribution in [0.3, 0.4) is 0 Å². The van der Waals surface area contributed by atoms with Crippen LogP contribution in [0.2, 0.25) is 0 Å². The van der Waals surface area contributed by atoms with Crippen molar-refractivity contribution >= 4 is 11.8 Å². The van der Waals surface area contributed by atoms with Gasteiger partial charge in [0.05, 0.1) is 19.6 Å². The molecular weight excluding hydrogens is 218 g/mol. The van der Waals surface area contributed by atoms with Crippen molar-refractivity contribution in [3.8, 4) is 12.3 Å². The minimum absolute atomic E-state index is 0.0727. The van der Waals surface area contributed by atoms with E-state index in [0.717, 1.165) is 0 Å². The summed E-state index contributed by atoms with van der Waals surface area (Å²) in [5, 5.41) is 5.53. The van der Waals surface area contributed by atoms with E-state index in [1.807, 2.05) is 13.8 Å². The van der Waals surface area contributed by atoms with Gasteiger partial charge < -0.3 is 10.2 Å². The second-order valence-electron chi connectivity index (χ2n) is 4.26. The van der Waals surface area contributed by atoms with E-state index in [1.54, 1.807) is 7.05 Å². The number of terminal acetylenes is 1. The monoisotopic (exact) mass is 239 g/mol. The second-order valence-corrected chi connectivity index (χ2v) is 4.26. The first-order valence-electron chi connectivity index (χ1n) is 5.62. The van der Waals surface area contributed by atoms with Crippen molar-refractivity contribution in [3.63, 3.8) is 0 Å². The number of hydrogen-bond acceptors (Lipinski definition) is 3. The zero-order valence-electron chi connectivity index (χ0n) is 10.7. The molecule has 0 bridgehead atoms. The molecule has 0 heterocycles. The molecule has 17 heavy (non-hydrogen) atoms. The number of likely N-dealkylation sites (N-methyl/N-ethyl adjacent to an activating group) is 1. The van der Waals surface area contributed by atoms with Crippen LogP contribution in [0.15, 0.2) is 0 Å². The molecule has 0 saturated heterocycles. The predicted octanol–water partition coefficient (Wildman–Crippen LogP) is -0.560. The summed E-state index contributed by atoms with van der Waals surface area (Å²) in [7, 11) is 1.59. The van der Waals surface area contributed by atoms with E-state index in [2.05, 4.69) is 16.6 Å². The summed E-state index contributed by atoms with van der Waals surface area (Å²) in [6.45, 7) is 5.22. The highest BCUT2D eigenvalue weighted by Gasteiger charge is 2.12. The highest BCUT2D eigenvalue weighted by molar-refractivity contribution is 5.85. The van der Waals surface area contributed by atoms with Crippen LogP contribution in [0.5, 0.6) is 0 Å². The lowest BCUT2D eigenvalue weighted by Crippen LogP contribution is -2.42. The van der Waals surface area contributed by atoms with Crippen molar-refractivity contribution in [1.29, 1.82) is 0 Å². The van der Waals surface area contributed by atoms with Crippen LogP contribution in [0.25, 0.3) is 0 Å². The average Bonchev–Trinajstić information content (AvgIpc) is 2.26. The first-order chi connectivity index (χ1) is 7.97. The number of carbonyl (C=O) groups excluding carboxylic acids is 2. The quantitative estimate of drug-likeness (QED) is 0.462. The van der Waals surface area contributed by atoms with Crippen molar-refractivity contribution in [2.75, 3.05) is 33.2 Å².